The Morgan fingerprint density at radius 1 is 1.59 bits per heavy atom. The molecule has 1 amide bonds. The summed E-state index contributed by atoms with van der Waals surface area (Å²) in [6, 6.07) is 0. The van der Waals surface area contributed by atoms with Crippen molar-refractivity contribution in [3.05, 3.63) is 0 Å². The molecule has 0 spiro atoms. The first-order valence-electron chi connectivity index (χ1n) is 6.55. The number of likely N-dealkylation sites (tertiary alicyclic amines) is 1. The van der Waals surface area contributed by atoms with Gasteiger partial charge in [0, 0.05) is 26.7 Å². The Bertz CT molecular complexity index is 250. The summed E-state index contributed by atoms with van der Waals surface area (Å²) in [5.74, 6) is 0.694. The second-order valence-corrected chi connectivity index (χ2v) is 5.33. The predicted octanol–water partition coefficient (Wildman–Crippen LogP) is 1.25. The van der Waals surface area contributed by atoms with Crippen LogP contribution >= 0.6 is 0 Å². The number of nitrogens with two attached hydrogens (primary N) is 1. The van der Waals surface area contributed by atoms with Gasteiger partial charge in [0.15, 0.2) is 0 Å². The highest BCUT2D eigenvalue weighted by atomic mass is 16.5. The van der Waals surface area contributed by atoms with Crippen LogP contribution in [0.15, 0.2) is 0 Å². The van der Waals surface area contributed by atoms with Gasteiger partial charge in [-0.15, -0.1) is 0 Å². The van der Waals surface area contributed by atoms with Gasteiger partial charge < -0.3 is 15.4 Å². The first-order valence-corrected chi connectivity index (χ1v) is 6.55. The van der Waals surface area contributed by atoms with Crippen LogP contribution in [0.4, 0.5) is 0 Å². The van der Waals surface area contributed by atoms with Crippen molar-refractivity contribution < 1.29 is 9.53 Å². The summed E-state index contributed by atoms with van der Waals surface area (Å²) >= 11 is 0. The van der Waals surface area contributed by atoms with Crippen molar-refractivity contribution >= 4 is 5.91 Å². The van der Waals surface area contributed by atoms with Gasteiger partial charge in [-0.2, -0.15) is 0 Å². The molecule has 100 valence electrons. The summed E-state index contributed by atoms with van der Waals surface area (Å²) in [5.41, 5.74) is 5.35. The molecule has 1 saturated heterocycles. The first-order chi connectivity index (χ1) is 8.07. The second-order valence-electron chi connectivity index (χ2n) is 5.33. The molecule has 4 heteroatoms. The molecule has 1 fully saturated rings. The van der Waals surface area contributed by atoms with E-state index in [4.69, 9.17) is 10.5 Å². The number of rotatable bonds is 5. The van der Waals surface area contributed by atoms with E-state index in [9.17, 15) is 4.79 Å². The quantitative estimate of drug-likeness (QED) is 0.789. The van der Waals surface area contributed by atoms with Crippen molar-refractivity contribution in [2.24, 2.45) is 17.1 Å². The molecular weight excluding hydrogens is 216 g/mol. The summed E-state index contributed by atoms with van der Waals surface area (Å²) in [5, 5.41) is 0. The molecule has 17 heavy (non-hydrogen) atoms. The number of piperidine rings is 1. The van der Waals surface area contributed by atoms with Crippen molar-refractivity contribution in [2.75, 3.05) is 33.4 Å². The molecule has 0 aromatic rings. The smallest absolute Gasteiger partial charge is 0.229 e. The molecule has 2 atom stereocenters. The molecule has 2 N–H and O–H groups in total. The minimum Gasteiger partial charge on any atom is -0.384 e. The number of hydrogen-bond acceptors (Lipinski definition) is 3. The molecule has 4 nitrogen and oxygen atoms in total. The summed E-state index contributed by atoms with van der Waals surface area (Å²) in [6.07, 6.45) is 3.03. The molecule has 0 bridgehead atoms. The van der Waals surface area contributed by atoms with Crippen LogP contribution in [0.25, 0.3) is 0 Å². The van der Waals surface area contributed by atoms with Gasteiger partial charge in [-0.05, 0) is 32.1 Å². The summed E-state index contributed by atoms with van der Waals surface area (Å²) in [7, 11) is 1.72. The molecule has 0 aromatic carbocycles. The van der Waals surface area contributed by atoms with E-state index in [0.29, 0.717) is 12.5 Å². The Morgan fingerprint density at radius 3 is 2.82 bits per heavy atom. The van der Waals surface area contributed by atoms with Gasteiger partial charge in [-0.3, -0.25) is 4.79 Å². The maximum absolute atomic E-state index is 12.4. The van der Waals surface area contributed by atoms with Crippen molar-refractivity contribution in [1.29, 1.82) is 0 Å². The van der Waals surface area contributed by atoms with Gasteiger partial charge in [0.1, 0.15) is 0 Å². The molecule has 2 unspecified atom stereocenters. The molecule has 0 aromatic heterocycles. The Balaban J connectivity index is 2.62. The molecule has 0 saturated carbocycles. The maximum Gasteiger partial charge on any atom is 0.229 e. The van der Waals surface area contributed by atoms with Gasteiger partial charge in [-0.25, -0.2) is 0 Å². The topological polar surface area (TPSA) is 55.6 Å². The summed E-state index contributed by atoms with van der Waals surface area (Å²) in [4.78, 5) is 14.4. The van der Waals surface area contributed by atoms with E-state index >= 15 is 0 Å². The number of amides is 1. The van der Waals surface area contributed by atoms with Gasteiger partial charge in [0.05, 0.1) is 12.0 Å². The Morgan fingerprint density at radius 2 is 2.29 bits per heavy atom. The molecule has 1 aliphatic rings. The number of methoxy groups -OCH3 is 1. The van der Waals surface area contributed by atoms with Gasteiger partial charge >= 0.3 is 0 Å². The van der Waals surface area contributed by atoms with Crippen molar-refractivity contribution in [1.82, 2.24) is 4.90 Å². The fraction of sp³-hybridized carbons (Fsp3) is 0.923. The molecule has 0 aliphatic carbocycles. The van der Waals surface area contributed by atoms with Crippen molar-refractivity contribution in [3.63, 3.8) is 0 Å². The Hall–Kier alpha value is -0.610. The van der Waals surface area contributed by atoms with Gasteiger partial charge in [0.2, 0.25) is 5.91 Å². The first kappa shape index (κ1) is 14.5. The van der Waals surface area contributed by atoms with E-state index in [1.807, 2.05) is 18.7 Å². The van der Waals surface area contributed by atoms with E-state index < -0.39 is 5.41 Å². The minimum absolute atomic E-state index is 0.211. The third-order valence-electron chi connectivity index (χ3n) is 3.96. The second kappa shape index (κ2) is 6.36. The van der Waals surface area contributed by atoms with Crippen LogP contribution in [-0.2, 0) is 9.53 Å². The lowest BCUT2D eigenvalue weighted by Gasteiger charge is -2.38. The van der Waals surface area contributed by atoms with E-state index in [2.05, 4.69) is 0 Å². The normalized spacial score (nSPS) is 24.5. The molecule has 1 aliphatic heterocycles. The Kier molecular flexibility index (Phi) is 5.40. The van der Waals surface area contributed by atoms with Crippen LogP contribution in [0.5, 0.6) is 0 Å². The Labute approximate surface area is 104 Å². The fourth-order valence-corrected chi connectivity index (χ4v) is 2.39. The van der Waals surface area contributed by atoms with Crippen LogP contribution in [0, 0.1) is 11.3 Å². The lowest BCUT2D eigenvalue weighted by Crippen LogP contribution is -2.50. The van der Waals surface area contributed by atoms with Crippen LogP contribution in [-0.4, -0.2) is 44.2 Å². The maximum atomic E-state index is 12.4. The number of nitrogens with zero attached hydrogens (tertiary/aromatic N) is 1. The lowest BCUT2D eigenvalue weighted by atomic mass is 9.85. The van der Waals surface area contributed by atoms with E-state index in [1.54, 1.807) is 7.11 Å². The van der Waals surface area contributed by atoms with E-state index in [0.717, 1.165) is 39.0 Å². The highest BCUT2D eigenvalue weighted by Crippen LogP contribution is 2.26. The van der Waals surface area contributed by atoms with Crippen molar-refractivity contribution in [3.8, 4) is 0 Å². The third-order valence-corrected chi connectivity index (χ3v) is 3.96. The number of carbonyl (C=O) groups excluding carboxylic acids is 1. The van der Waals surface area contributed by atoms with E-state index in [-0.39, 0.29) is 5.91 Å². The molecule has 1 heterocycles. The largest absolute Gasteiger partial charge is 0.384 e. The highest BCUT2D eigenvalue weighted by Gasteiger charge is 2.35. The molecular formula is C13H26N2O2. The van der Waals surface area contributed by atoms with E-state index in [1.165, 1.54) is 0 Å². The highest BCUT2D eigenvalue weighted by molar-refractivity contribution is 5.82. The predicted molar refractivity (Wildman–Crippen MR) is 68.6 cm³/mol. The fourth-order valence-electron chi connectivity index (χ4n) is 2.39. The van der Waals surface area contributed by atoms with Crippen LogP contribution in [0.1, 0.15) is 33.1 Å². The zero-order valence-corrected chi connectivity index (χ0v) is 11.4. The number of ether oxygens (including phenoxy) is 1. The van der Waals surface area contributed by atoms with Crippen LogP contribution in [0.2, 0.25) is 0 Å². The molecule has 1 rings (SSSR count). The zero-order chi connectivity index (χ0) is 12.9. The monoisotopic (exact) mass is 242 g/mol. The molecule has 0 radical (unpaired) electrons. The minimum atomic E-state index is -0.394. The number of hydrogen-bond donors (Lipinski definition) is 1. The standard InChI is InChI=1S/C13H26N2O2/c1-4-13(2,10-14)12(16)15-7-5-6-11(8-15)9-17-3/h11H,4-10,14H2,1-3H3. The number of carbonyl (C=O) groups is 1. The summed E-state index contributed by atoms with van der Waals surface area (Å²) in [6.45, 7) is 6.86. The average Bonchev–Trinajstić information content (AvgIpc) is 2.37. The zero-order valence-electron chi connectivity index (χ0n) is 11.4. The third kappa shape index (κ3) is 3.42. The SMILES string of the molecule is CCC(C)(CN)C(=O)N1CCCC(COC)C1. The van der Waals surface area contributed by atoms with Crippen molar-refractivity contribution in [2.45, 2.75) is 33.1 Å². The lowest BCUT2D eigenvalue weighted by molar-refractivity contribution is -0.143. The summed E-state index contributed by atoms with van der Waals surface area (Å²) < 4.78 is 5.18. The van der Waals surface area contributed by atoms with Gasteiger partial charge in [0.25, 0.3) is 0 Å². The van der Waals surface area contributed by atoms with Gasteiger partial charge in [-0.1, -0.05) is 6.92 Å². The van der Waals surface area contributed by atoms with Crippen LogP contribution in [0.3, 0.4) is 0 Å². The average molecular weight is 242 g/mol. The van der Waals surface area contributed by atoms with Crippen LogP contribution < -0.4 is 5.73 Å².